The number of halogens is 1. The highest BCUT2D eigenvalue weighted by atomic mass is 35.5. The molecule has 4 rings (SSSR count). The first-order valence-electron chi connectivity index (χ1n) is 11.3. The van der Waals surface area contributed by atoms with Crippen molar-refractivity contribution in [3.63, 3.8) is 0 Å². The molecule has 0 unspecified atom stereocenters. The molecule has 11 heteroatoms. The zero-order chi connectivity index (χ0) is 23.9. The zero-order valence-corrected chi connectivity index (χ0v) is 20.5. The van der Waals surface area contributed by atoms with Gasteiger partial charge in [0.2, 0.25) is 13.1 Å². The van der Waals surface area contributed by atoms with Crippen molar-refractivity contribution in [1.82, 2.24) is 9.55 Å². The van der Waals surface area contributed by atoms with Gasteiger partial charge in [0.1, 0.15) is 10.7 Å². The highest BCUT2D eigenvalue weighted by Crippen LogP contribution is 2.38. The first kappa shape index (κ1) is 24.8. The van der Waals surface area contributed by atoms with Gasteiger partial charge in [0.05, 0.1) is 26.4 Å². The minimum absolute atomic E-state index is 0.148. The van der Waals surface area contributed by atoms with E-state index in [0.29, 0.717) is 65.9 Å². The number of ether oxygens (including phenoxy) is 5. The number of fused-ring (bicyclic) bond motifs is 1. The molecular formula is C23H27ClN2O7S. The second kappa shape index (κ2) is 11.9. The molecule has 0 radical (unpaired) electrons. The molecule has 2 aliphatic heterocycles. The summed E-state index contributed by atoms with van der Waals surface area (Å²) in [6.07, 6.45) is 3.11. The number of rotatable bonds is 12. The molecule has 0 bridgehead atoms. The van der Waals surface area contributed by atoms with Gasteiger partial charge in [-0.2, -0.15) is 0 Å². The summed E-state index contributed by atoms with van der Waals surface area (Å²) >= 11 is 7.99. The van der Waals surface area contributed by atoms with Crippen molar-refractivity contribution >= 4 is 35.6 Å². The van der Waals surface area contributed by atoms with Crippen LogP contribution in [0.2, 0.25) is 5.02 Å². The number of hydrogen-bond donors (Lipinski definition) is 0. The van der Waals surface area contributed by atoms with Crippen LogP contribution in [0.4, 0.5) is 0 Å². The summed E-state index contributed by atoms with van der Waals surface area (Å²) in [7, 11) is 0. The molecule has 0 amide bonds. The van der Waals surface area contributed by atoms with Crippen LogP contribution in [0.1, 0.15) is 60.8 Å². The quantitative estimate of drug-likeness (QED) is 0.178. The highest BCUT2D eigenvalue weighted by molar-refractivity contribution is 7.99. The minimum Gasteiger partial charge on any atom is -0.466 e. The Morgan fingerprint density at radius 2 is 2.00 bits per heavy atom. The summed E-state index contributed by atoms with van der Waals surface area (Å²) < 4.78 is 29.0. The molecule has 9 nitrogen and oxygen atoms in total. The van der Waals surface area contributed by atoms with Crippen LogP contribution in [-0.2, 0) is 25.5 Å². The zero-order valence-electron chi connectivity index (χ0n) is 18.9. The number of carbonyl (C=O) groups excluding carboxylic acids is 2. The van der Waals surface area contributed by atoms with Gasteiger partial charge in [-0.05, 0) is 37.1 Å². The molecule has 34 heavy (non-hydrogen) atoms. The van der Waals surface area contributed by atoms with Crippen molar-refractivity contribution in [2.24, 2.45) is 0 Å². The highest BCUT2D eigenvalue weighted by Gasteiger charge is 2.29. The van der Waals surface area contributed by atoms with Gasteiger partial charge in [0.15, 0.2) is 23.6 Å². The van der Waals surface area contributed by atoms with E-state index in [4.69, 9.17) is 40.3 Å². The number of imidazole rings is 1. The molecular weight excluding hydrogens is 484 g/mol. The van der Waals surface area contributed by atoms with E-state index in [0.717, 1.165) is 36.9 Å². The number of esters is 1. The first-order chi connectivity index (χ1) is 16.6. The Kier molecular flexibility index (Phi) is 8.71. The summed E-state index contributed by atoms with van der Waals surface area (Å²) in [6.45, 7) is 3.57. The van der Waals surface area contributed by atoms with Crippen molar-refractivity contribution in [1.29, 1.82) is 0 Å². The summed E-state index contributed by atoms with van der Waals surface area (Å²) in [6, 6.07) is 3.53. The smallest absolute Gasteiger partial charge is 0.305 e. The summed E-state index contributed by atoms with van der Waals surface area (Å²) in [4.78, 5) is 28.3. The van der Waals surface area contributed by atoms with Crippen LogP contribution in [0.25, 0.3) is 0 Å². The number of carbonyl (C=O) groups is 2. The number of aldehydes is 1. The Labute approximate surface area is 207 Å². The van der Waals surface area contributed by atoms with Gasteiger partial charge in [-0.1, -0.05) is 18.0 Å². The molecule has 1 saturated heterocycles. The predicted octanol–water partition coefficient (Wildman–Crippen LogP) is 4.39. The van der Waals surface area contributed by atoms with Crippen molar-refractivity contribution in [3.8, 4) is 11.5 Å². The topological polar surface area (TPSA) is 98.1 Å². The Hall–Kier alpha value is -2.27. The van der Waals surface area contributed by atoms with E-state index in [2.05, 4.69) is 0 Å². The number of hydrogen-bond acceptors (Lipinski definition) is 9. The lowest BCUT2D eigenvalue weighted by molar-refractivity contribution is -0.143. The second-order valence-electron chi connectivity index (χ2n) is 7.70. The molecule has 1 fully saturated rings. The Bertz CT molecular complexity index is 1020. The van der Waals surface area contributed by atoms with Crippen LogP contribution in [0.15, 0.2) is 17.2 Å². The third-order valence-electron chi connectivity index (χ3n) is 5.39. The Morgan fingerprint density at radius 3 is 2.74 bits per heavy atom. The molecule has 184 valence electrons. The molecule has 0 spiro atoms. The van der Waals surface area contributed by atoms with E-state index in [1.54, 1.807) is 17.6 Å². The summed E-state index contributed by atoms with van der Waals surface area (Å²) in [5.74, 6) is 2.33. The maximum absolute atomic E-state index is 12.1. The molecule has 0 atom stereocenters. The van der Waals surface area contributed by atoms with E-state index < -0.39 is 6.29 Å². The summed E-state index contributed by atoms with van der Waals surface area (Å²) in [5, 5.41) is 1.12. The van der Waals surface area contributed by atoms with Gasteiger partial charge >= 0.3 is 5.97 Å². The van der Waals surface area contributed by atoms with Gasteiger partial charge < -0.3 is 28.3 Å². The molecule has 0 aliphatic carbocycles. The van der Waals surface area contributed by atoms with Crippen molar-refractivity contribution < 1.29 is 33.3 Å². The Morgan fingerprint density at radius 1 is 1.24 bits per heavy atom. The predicted molar refractivity (Wildman–Crippen MR) is 125 cm³/mol. The largest absolute Gasteiger partial charge is 0.466 e. The Balaban J connectivity index is 1.47. The maximum atomic E-state index is 12.1. The van der Waals surface area contributed by atoms with Gasteiger partial charge in [-0.15, -0.1) is 11.8 Å². The second-order valence-corrected chi connectivity index (χ2v) is 9.19. The van der Waals surface area contributed by atoms with Crippen LogP contribution in [0.5, 0.6) is 11.5 Å². The van der Waals surface area contributed by atoms with Crippen LogP contribution in [0.3, 0.4) is 0 Å². The molecule has 0 saturated carbocycles. The van der Waals surface area contributed by atoms with Gasteiger partial charge in [0, 0.05) is 17.5 Å². The average Bonchev–Trinajstić information content (AvgIpc) is 3.56. The monoisotopic (exact) mass is 510 g/mol. The number of unbranched alkanes of at least 4 members (excludes halogenated alkanes) is 2. The lowest BCUT2D eigenvalue weighted by Crippen LogP contribution is -2.13. The molecule has 0 N–H and O–H groups in total. The summed E-state index contributed by atoms with van der Waals surface area (Å²) in [5.41, 5.74) is 1.21. The molecule has 1 aromatic carbocycles. The third-order valence-corrected chi connectivity index (χ3v) is 6.80. The van der Waals surface area contributed by atoms with Crippen molar-refractivity contribution in [2.75, 3.05) is 32.4 Å². The van der Waals surface area contributed by atoms with Crippen LogP contribution < -0.4 is 9.47 Å². The fourth-order valence-electron chi connectivity index (χ4n) is 3.74. The van der Waals surface area contributed by atoms with E-state index in [1.807, 2.05) is 6.07 Å². The van der Waals surface area contributed by atoms with E-state index >= 15 is 0 Å². The van der Waals surface area contributed by atoms with Crippen LogP contribution in [-0.4, -0.2) is 54.2 Å². The van der Waals surface area contributed by atoms with Gasteiger partial charge in [-0.25, -0.2) is 4.98 Å². The third kappa shape index (κ3) is 5.86. The average molecular weight is 511 g/mol. The number of thioether (sulfide) groups is 1. The number of benzene rings is 1. The normalized spacial score (nSPS) is 15.1. The van der Waals surface area contributed by atoms with E-state index in [9.17, 15) is 9.59 Å². The molecule has 2 aromatic rings. The molecule has 1 aromatic heterocycles. The lowest BCUT2D eigenvalue weighted by atomic mass is 10.2. The van der Waals surface area contributed by atoms with E-state index in [-0.39, 0.29) is 12.8 Å². The number of nitrogens with zero attached hydrogens (tertiary/aromatic N) is 2. The van der Waals surface area contributed by atoms with Crippen LogP contribution in [0, 0.1) is 0 Å². The van der Waals surface area contributed by atoms with Crippen molar-refractivity contribution in [2.45, 2.75) is 50.5 Å². The first-order valence-corrected chi connectivity index (χ1v) is 12.6. The van der Waals surface area contributed by atoms with E-state index in [1.165, 1.54) is 11.8 Å². The van der Waals surface area contributed by atoms with Crippen molar-refractivity contribution in [3.05, 3.63) is 34.2 Å². The van der Waals surface area contributed by atoms with Crippen LogP contribution >= 0.6 is 23.4 Å². The molecule has 3 heterocycles. The fourth-order valence-corrected chi connectivity index (χ4v) is 4.95. The minimum atomic E-state index is -0.648. The fraction of sp³-hybridized carbons (Fsp3) is 0.522. The van der Waals surface area contributed by atoms with Gasteiger partial charge in [-0.3, -0.25) is 9.59 Å². The standard InChI is InChI=1S/C23H27ClN2O7S/c1-2-29-20(28)6-4-3-5-9-34-22-17(13-27)26(21(25-22)23-30-7-8-31-23)12-15-10-18-19(11-16(15)24)33-14-32-18/h10-11,13,23H,2-9,12,14H2,1H3. The molecule has 2 aliphatic rings. The lowest BCUT2D eigenvalue weighted by Gasteiger charge is -2.14. The maximum Gasteiger partial charge on any atom is 0.305 e. The number of aromatic nitrogens is 2. The SMILES string of the molecule is CCOC(=O)CCCCCSc1nc(C2OCCO2)n(Cc2cc3c(cc2Cl)OCO3)c1C=O. The van der Waals surface area contributed by atoms with Gasteiger partial charge in [0.25, 0.3) is 0 Å².